The van der Waals surface area contributed by atoms with Crippen molar-refractivity contribution in [1.29, 1.82) is 0 Å². The maximum absolute atomic E-state index is 13.6. The van der Waals surface area contributed by atoms with E-state index in [4.69, 9.17) is 20.8 Å². The van der Waals surface area contributed by atoms with Crippen molar-refractivity contribution in [3.8, 4) is 5.75 Å². The second-order valence-corrected chi connectivity index (χ2v) is 8.23. The van der Waals surface area contributed by atoms with Gasteiger partial charge in [0, 0.05) is 10.7 Å². The molecule has 33 heavy (non-hydrogen) atoms. The zero-order chi connectivity index (χ0) is 23.1. The Morgan fingerprint density at radius 3 is 2.61 bits per heavy atom. The molecular formula is C26H19ClFNO4. The van der Waals surface area contributed by atoms with Crippen LogP contribution in [0.5, 0.6) is 5.75 Å². The number of nitrogens with zero attached hydrogens (tertiary/aromatic N) is 1. The summed E-state index contributed by atoms with van der Waals surface area (Å²) in [6.45, 7) is 2.55. The number of ether oxygens (including phenoxy) is 1. The van der Waals surface area contributed by atoms with Gasteiger partial charge in [0.15, 0.2) is 5.43 Å². The smallest absolute Gasteiger partial charge is 0.295 e. The maximum atomic E-state index is 13.6. The Balaban J connectivity index is 1.76. The lowest BCUT2D eigenvalue weighted by Crippen LogP contribution is -2.29. The predicted octanol–water partition coefficient (Wildman–Crippen LogP) is 6.12. The van der Waals surface area contributed by atoms with Gasteiger partial charge in [0.25, 0.3) is 5.91 Å². The van der Waals surface area contributed by atoms with Gasteiger partial charge < -0.3 is 9.15 Å². The third kappa shape index (κ3) is 3.66. The highest BCUT2D eigenvalue weighted by atomic mass is 35.5. The monoisotopic (exact) mass is 463 g/mol. The van der Waals surface area contributed by atoms with Crippen LogP contribution in [0.15, 0.2) is 75.9 Å². The van der Waals surface area contributed by atoms with Gasteiger partial charge >= 0.3 is 0 Å². The molecule has 0 radical (unpaired) electrons. The van der Waals surface area contributed by atoms with Gasteiger partial charge in [-0.05, 0) is 66.6 Å². The van der Waals surface area contributed by atoms with E-state index >= 15 is 0 Å². The van der Waals surface area contributed by atoms with Crippen molar-refractivity contribution < 1.29 is 18.3 Å². The molecule has 5 rings (SSSR count). The lowest BCUT2D eigenvalue weighted by atomic mass is 9.98. The molecule has 2 heterocycles. The van der Waals surface area contributed by atoms with Crippen LogP contribution < -0.4 is 15.1 Å². The number of anilines is 1. The van der Waals surface area contributed by atoms with E-state index < -0.39 is 17.8 Å². The van der Waals surface area contributed by atoms with E-state index in [-0.39, 0.29) is 22.3 Å². The van der Waals surface area contributed by atoms with Crippen molar-refractivity contribution >= 4 is 34.2 Å². The molecule has 0 saturated heterocycles. The second kappa shape index (κ2) is 8.37. The van der Waals surface area contributed by atoms with Gasteiger partial charge in [-0.3, -0.25) is 14.5 Å². The van der Waals surface area contributed by atoms with Gasteiger partial charge in [0.2, 0.25) is 5.76 Å². The van der Waals surface area contributed by atoms with E-state index in [1.165, 1.54) is 35.2 Å². The molecule has 0 N–H and O–H groups in total. The molecule has 3 aromatic carbocycles. The first-order valence-electron chi connectivity index (χ1n) is 10.6. The summed E-state index contributed by atoms with van der Waals surface area (Å²) in [6.07, 6.45) is 0.840. The van der Waals surface area contributed by atoms with Crippen LogP contribution in [0, 0.1) is 5.82 Å². The minimum atomic E-state index is -0.775. The molecule has 1 aromatic heterocycles. The second-order valence-electron chi connectivity index (χ2n) is 7.79. The van der Waals surface area contributed by atoms with Crippen LogP contribution in [0.3, 0.4) is 0 Å². The van der Waals surface area contributed by atoms with Gasteiger partial charge in [-0.15, -0.1) is 0 Å². The number of benzene rings is 3. The SMILES string of the molecule is CCCOc1cccc(C2c3c(oc4ccc(Cl)cc4c3=O)C(=O)N2c2ccc(F)cc2)c1. The standard InChI is InChI=1S/C26H19ClFNO4/c1-2-12-32-19-5-3-4-15(13-19)23-22-24(30)20-14-16(27)6-11-21(20)33-25(22)26(31)29(23)18-9-7-17(28)8-10-18/h3-11,13-14,23H,2,12H2,1H3. The zero-order valence-electron chi connectivity index (χ0n) is 17.7. The first-order chi connectivity index (χ1) is 16.0. The van der Waals surface area contributed by atoms with Gasteiger partial charge in [-0.1, -0.05) is 30.7 Å². The molecular weight excluding hydrogens is 445 g/mol. The molecule has 7 heteroatoms. The molecule has 1 aliphatic heterocycles. The molecule has 0 bridgehead atoms. The first kappa shape index (κ1) is 21.2. The van der Waals surface area contributed by atoms with Crippen molar-refractivity contribution in [2.24, 2.45) is 0 Å². The minimum Gasteiger partial charge on any atom is -0.494 e. The van der Waals surface area contributed by atoms with E-state index in [1.54, 1.807) is 18.2 Å². The Bertz CT molecular complexity index is 1430. The van der Waals surface area contributed by atoms with Crippen molar-refractivity contribution in [2.45, 2.75) is 19.4 Å². The fourth-order valence-corrected chi connectivity index (χ4v) is 4.29. The average Bonchev–Trinajstić information content (AvgIpc) is 3.11. The molecule has 0 fully saturated rings. The summed E-state index contributed by atoms with van der Waals surface area (Å²) >= 11 is 6.12. The summed E-state index contributed by atoms with van der Waals surface area (Å²) < 4.78 is 25.3. The van der Waals surface area contributed by atoms with Crippen LogP contribution >= 0.6 is 11.6 Å². The lowest BCUT2D eigenvalue weighted by Gasteiger charge is -2.25. The van der Waals surface area contributed by atoms with Crippen molar-refractivity contribution in [2.75, 3.05) is 11.5 Å². The number of carbonyl (C=O) groups excluding carboxylic acids is 1. The van der Waals surface area contributed by atoms with Crippen LogP contribution in [0.25, 0.3) is 11.0 Å². The van der Waals surface area contributed by atoms with Crippen LogP contribution in [0.2, 0.25) is 5.02 Å². The molecule has 1 aliphatic rings. The number of halogens is 2. The van der Waals surface area contributed by atoms with Gasteiger partial charge in [-0.2, -0.15) is 0 Å². The topological polar surface area (TPSA) is 59.8 Å². The van der Waals surface area contributed by atoms with E-state index in [9.17, 15) is 14.0 Å². The van der Waals surface area contributed by atoms with Crippen LogP contribution in [-0.2, 0) is 0 Å². The molecule has 4 aromatic rings. The highest BCUT2D eigenvalue weighted by Gasteiger charge is 2.43. The van der Waals surface area contributed by atoms with Crippen LogP contribution in [-0.4, -0.2) is 12.5 Å². The highest BCUT2D eigenvalue weighted by molar-refractivity contribution is 6.31. The number of rotatable bonds is 5. The Hall–Kier alpha value is -3.64. The normalized spacial score (nSPS) is 15.2. The number of hydrogen-bond acceptors (Lipinski definition) is 4. The highest BCUT2D eigenvalue weighted by Crippen LogP contribution is 2.42. The molecule has 5 nitrogen and oxygen atoms in total. The third-order valence-electron chi connectivity index (χ3n) is 5.58. The summed E-state index contributed by atoms with van der Waals surface area (Å²) in [6, 6.07) is 16.7. The molecule has 1 amide bonds. The third-order valence-corrected chi connectivity index (χ3v) is 5.82. The van der Waals surface area contributed by atoms with Crippen molar-refractivity contribution in [1.82, 2.24) is 0 Å². The molecule has 1 unspecified atom stereocenters. The minimum absolute atomic E-state index is 0.0379. The first-order valence-corrected chi connectivity index (χ1v) is 10.9. The van der Waals surface area contributed by atoms with Crippen LogP contribution in [0.4, 0.5) is 10.1 Å². The Morgan fingerprint density at radius 2 is 1.85 bits per heavy atom. The fraction of sp³-hybridized carbons (Fsp3) is 0.154. The molecule has 1 atom stereocenters. The quantitative estimate of drug-likeness (QED) is 0.357. The summed E-state index contributed by atoms with van der Waals surface area (Å²) in [5.74, 6) is -0.314. The van der Waals surface area contributed by atoms with Gasteiger partial charge in [0.05, 0.1) is 23.6 Å². The summed E-state index contributed by atoms with van der Waals surface area (Å²) in [5, 5.41) is 0.680. The summed E-state index contributed by atoms with van der Waals surface area (Å²) in [5.41, 5.74) is 1.27. The number of amides is 1. The van der Waals surface area contributed by atoms with Crippen molar-refractivity contribution in [3.05, 3.63) is 105 Å². The number of carbonyl (C=O) groups is 1. The Labute approximate surface area is 194 Å². The fourth-order valence-electron chi connectivity index (χ4n) is 4.12. The van der Waals surface area contributed by atoms with E-state index in [0.29, 0.717) is 34.0 Å². The largest absolute Gasteiger partial charge is 0.494 e. The maximum Gasteiger partial charge on any atom is 0.295 e. The van der Waals surface area contributed by atoms with E-state index in [1.807, 2.05) is 25.1 Å². The van der Waals surface area contributed by atoms with Gasteiger partial charge in [0.1, 0.15) is 17.1 Å². The lowest BCUT2D eigenvalue weighted by molar-refractivity contribution is 0.0971. The zero-order valence-corrected chi connectivity index (χ0v) is 18.4. The van der Waals surface area contributed by atoms with Gasteiger partial charge in [-0.25, -0.2) is 4.39 Å². The average molecular weight is 464 g/mol. The molecule has 0 aliphatic carbocycles. The number of fused-ring (bicyclic) bond motifs is 2. The summed E-state index contributed by atoms with van der Waals surface area (Å²) in [4.78, 5) is 28.6. The Morgan fingerprint density at radius 1 is 1.06 bits per heavy atom. The van der Waals surface area contributed by atoms with E-state index in [2.05, 4.69) is 0 Å². The summed E-state index contributed by atoms with van der Waals surface area (Å²) in [7, 11) is 0. The predicted molar refractivity (Wildman–Crippen MR) is 125 cm³/mol. The molecule has 0 spiro atoms. The number of hydrogen-bond donors (Lipinski definition) is 0. The Kier molecular flexibility index (Phi) is 5.38. The van der Waals surface area contributed by atoms with Crippen molar-refractivity contribution in [3.63, 3.8) is 0 Å². The molecule has 0 saturated carbocycles. The van der Waals surface area contributed by atoms with E-state index in [0.717, 1.165) is 6.42 Å². The molecule has 166 valence electrons. The van der Waals surface area contributed by atoms with Crippen LogP contribution in [0.1, 0.15) is 41.1 Å².